The van der Waals surface area contributed by atoms with Crippen molar-refractivity contribution in [2.75, 3.05) is 54.9 Å². The Hall–Kier alpha value is -3.22. The van der Waals surface area contributed by atoms with Crippen LogP contribution in [0.4, 0.5) is 44.2 Å². The number of likely N-dealkylation sites (tertiary alicyclic amines) is 1. The van der Waals surface area contributed by atoms with Gasteiger partial charge in [0.25, 0.3) is 0 Å². The molecule has 2 N–H and O–H groups in total. The molecule has 3 aliphatic rings. The minimum atomic E-state index is -4.26. The van der Waals surface area contributed by atoms with Gasteiger partial charge in [-0.05, 0) is 43.4 Å². The third-order valence-electron chi connectivity index (χ3n) is 7.62. The molecule has 2 saturated heterocycles. The molecule has 2 aliphatic heterocycles. The van der Waals surface area contributed by atoms with Crippen LogP contribution < -0.4 is 15.5 Å². The van der Waals surface area contributed by atoms with Gasteiger partial charge in [0, 0.05) is 68.8 Å². The third kappa shape index (κ3) is 7.10. The first-order valence-corrected chi connectivity index (χ1v) is 13.5. The fourth-order valence-electron chi connectivity index (χ4n) is 5.52. The first-order valence-electron chi connectivity index (χ1n) is 13.5. The van der Waals surface area contributed by atoms with Crippen LogP contribution in [0, 0.1) is 12.8 Å². The summed E-state index contributed by atoms with van der Waals surface area (Å²) in [7, 11) is 0. The van der Waals surface area contributed by atoms with Crippen LogP contribution in [0.1, 0.15) is 37.7 Å². The molecule has 5 rings (SSSR count). The number of hydrogen-bond acceptors (Lipinski definition) is 6. The number of amides is 2. The molecule has 1 unspecified atom stereocenters. The van der Waals surface area contributed by atoms with Crippen molar-refractivity contribution in [3.63, 3.8) is 0 Å². The number of ether oxygens (including phenoxy) is 1. The number of aromatic nitrogens is 2. The quantitative estimate of drug-likeness (QED) is 0.436. The number of carbonyl (C=O) groups excluding carboxylic acids is 1. The fourth-order valence-corrected chi connectivity index (χ4v) is 5.52. The molecule has 3 fully saturated rings. The first kappa shape index (κ1) is 28.3. The number of carbonyl (C=O) groups is 1. The maximum Gasteiger partial charge on any atom is 0.389 e. The highest BCUT2D eigenvalue weighted by Gasteiger charge is 2.40. The minimum absolute atomic E-state index is 0.0497. The highest BCUT2D eigenvalue weighted by Crippen LogP contribution is 2.37. The van der Waals surface area contributed by atoms with Crippen molar-refractivity contribution in [2.24, 2.45) is 5.92 Å². The van der Waals surface area contributed by atoms with Gasteiger partial charge in [-0.25, -0.2) is 18.6 Å². The zero-order valence-corrected chi connectivity index (χ0v) is 22.2. The molecule has 1 aromatic heterocycles. The number of urea groups is 1. The van der Waals surface area contributed by atoms with Gasteiger partial charge >= 0.3 is 12.2 Å². The summed E-state index contributed by atoms with van der Waals surface area (Å²) >= 11 is 0. The molecule has 8 nitrogen and oxygen atoms in total. The zero-order valence-electron chi connectivity index (χ0n) is 22.2. The summed E-state index contributed by atoms with van der Waals surface area (Å²) in [5.74, 6) is -2.42. The number of nitrogens with one attached hydrogen (secondary N) is 2. The minimum Gasteiger partial charge on any atom is -0.378 e. The van der Waals surface area contributed by atoms with E-state index in [1.54, 1.807) is 18.2 Å². The molecular formula is C27H33F5N6O2. The molecule has 0 bridgehead atoms. The van der Waals surface area contributed by atoms with Crippen LogP contribution in [0.2, 0.25) is 0 Å². The van der Waals surface area contributed by atoms with Gasteiger partial charge < -0.3 is 25.2 Å². The molecule has 1 aromatic carbocycles. The van der Waals surface area contributed by atoms with E-state index in [4.69, 9.17) is 9.72 Å². The van der Waals surface area contributed by atoms with Crippen molar-refractivity contribution in [1.82, 2.24) is 14.9 Å². The van der Waals surface area contributed by atoms with Gasteiger partial charge in [0.1, 0.15) is 5.82 Å². The van der Waals surface area contributed by atoms with Crippen molar-refractivity contribution in [3.8, 4) is 11.3 Å². The maximum atomic E-state index is 13.8. The van der Waals surface area contributed by atoms with Crippen LogP contribution >= 0.6 is 0 Å². The lowest BCUT2D eigenvalue weighted by atomic mass is 10.0. The maximum absolute atomic E-state index is 13.8. The molecule has 40 heavy (non-hydrogen) atoms. The fraction of sp³-hybridized carbons (Fsp3) is 0.593. The van der Waals surface area contributed by atoms with E-state index < -0.39 is 36.5 Å². The van der Waals surface area contributed by atoms with Gasteiger partial charge in [0.2, 0.25) is 11.9 Å². The molecule has 2 atom stereocenters. The predicted molar refractivity (Wildman–Crippen MR) is 141 cm³/mol. The van der Waals surface area contributed by atoms with Crippen molar-refractivity contribution >= 4 is 23.5 Å². The van der Waals surface area contributed by atoms with Gasteiger partial charge in [-0.3, -0.25) is 0 Å². The Labute approximate surface area is 229 Å². The Morgan fingerprint density at radius 2 is 1.90 bits per heavy atom. The van der Waals surface area contributed by atoms with Crippen LogP contribution in [-0.2, 0) is 4.74 Å². The topological polar surface area (TPSA) is 82.6 Å². The number of alkyl halides is 5. The standard InChI is InChI=1S/C27H33F5N6O2/c1-17-2-3-19(34-25(39)38-7-5-18(16-38)14-27(30,31)32)12-21(17)22-13-23(33-20-4-6-26(28,29)15-20)36-24(35-22)37-8-10-40-11-9-37/h2-3,12-13,18,20H,4-11,14-16H2,1H3,(H,34,39)(H,33,35,36)/t18-,20?/m0/s1. The van der Waals surface area contributed by atoms with E-state index >= 15 is 0 Å². The highest BCUT2D eigenvalue weighted by molar-refractivity contribution is 5.90. The summed E-state index contributed by atoms with van der Waals surface area (Å²) in [6.07, 6.45) is -4.96. The van der Waals surface area contributed by atoms with E-state index in [0.29, 0.717) is 67.9 Å². The van der Waals surface area contributed by atoms with Crippen LogP contribution in [-0.4, -0.2) is 78.4 Å². The molecular weight excluding hydrogens is 535 g/mol. The molecule has 1 saturated carbocycles. The van der Waals surface area contributed by atoms with Crippen LogP contribution in [0.15, 0.2) is 24.3 Å². The summed E-state index contributed by atoms with van der Waals surface area (Å²) in [5.41, 5.74) is 2.62. The van der Waals surface area contributed by atoms with Gasteiger partial charge in [-0.15, -0.1) is 0 Å². The Morgan fingerprint density at radius 3 is 2.60 bits per heavy atom. The average Bonchev–Trinajstić information content (AvgIpc) is 3.49. The second-order valence-corrected chi connectivity index (χ2v) is 10.9. The summed E-state index contributed by atoms with van der Waals surface area (Å²) in [6.45, 7) is 4.42. The van der Waals surface area contributed by atoms with E-state index in [1.165, 1.54) is 4.90 Å². The molecule has 0 radical (unpaired) electrons. The Bertz CT molecular complexity index is 1220. The van der Waals surface area contributed by atoms with Crippen molar-refractivity contribution in [2.45, 2.75) is 57.2 Å². The Balaban J connectivity index is 1.37. The average molecular weight is 569 g/mol. The number of hydrogen-bond donors (Lipinski definition) is 2. The monoisotopic (exact) mass is 568 g/mol. The van der Waals surface area contributed by atoms with Gasteiger partial charge in [-0.1, -0.05) is 6.07 Å². The van der Waals surface area contributed by atoms with Gasteiger partial charge in [0.05, 0.1) is 18.9 Å². The first-order chi connectivity index (χ1) is 18.9. The van der Waals surface area contributed by atoms with Crippen LogP contribution in [0.5, 0.6) is 0 Å². The molecule has 218 valence electrons. The molecule has 0 spiro atoms. The van der Waals surface area contributed by atoms with Crippen molar-refractivity contribution < 1.29 is 31.5 Å². The third-order valence-corrected chi connectivity index (χ3v) is 7.62. The largest absolute Gasteiger partial charge is 0.389 e. The molecule has 3 heterocycles. The molecule has 1 aliphatic carbocycles. The number of nitrogens with zero attached hydrogens (tertiary/aromatic N) is 4. The molecule has 13 heteroatoms. The van der Waals surface area contributed by atoms with E-state index in [1.807, 2.05) is 17.9 Å². The summed E-state index contributed by atoms with van der Waals surface area (Å²) in [5, 5.41) is 5.97. The summed E-state index contributed by atoms with van der Waals surface area (Å²) in [4.78, 5) is 25.6. The van der Waals surface area contributed by atoms with E-state index in [9.17, 15) is 26.7 Å². The summed E-state index contributed by atoms with van der Waals surface area (Å²) < 4.78 is 71.4. The number of anilines is 3. The number of aryl methyl sites for hydroxylation is 1. The van der Waals surface area contributed by atoms with Crippen molar-refractivity contribution in [1.29, 1.82) is 0 Å². The van der Waals surface area contributed by atoms with Gasteiger partial charge in [0.15, 0.2) is 0 Å². The number of benzene rings is 1. The smallest absolute Gasteiger partial charge is 0.378 e. The SMILES string of the molecule is Cc1ccc(NC(=O)N2CC[C@@H](CC(F)(F)F)C2)cc1-c1cc(NC2CCC(F)(F)C2)nc(N2CCOCC2)n1. The van der Waals surface area contributed by atoms with Gasteiger partial charge in [-0.2, -0.15) is 18.2 Å². The normalized spacial score (nSPS) is 22.9. The number of halogens is 5. The second-order valence-electron chi connectivity index (χ2n) is 10.9. The Kier molecular flexibility index (Phi) is 8.03. The Morgan fingerprint density at radius 1 is 1.12 bits per heavy atom. The van der Waals surface area contributed by atoms with Crippen molar-refractivity contribution in [3.05, 3.63) is 29.8 Å². The highest BCUT2D eigenvalue weighted by atomic mass is 19.4. The molecule has 2 aromatic rings. The van der Waals surface area contributed by atoms with Crippen LogP contribution in [0.3, 0.4) is 0 Å². The lowest BCUT2D eigenvalue weighted by Crippen LogP contribution is -2.37. The second kappa shape index (κ2) is 11.3. The lowest BCUT2D eigenvalue weighted by Gasteiger charge is -2.28. The summed E-state index contributed by atoms with van der Waals surface area (Å²) in [6, 6.07) is 6.16. The zero-order chi connectivity index (χ0) is 28.5. The van der Waals surface area contributed by atoms with E-state index in [2.05, 4.69) is 15.6 Å². The van der Waals surface area contributed by atoms with E-state index in [-0.39, 0.29) is 25.9 Å². The number of morpholine rings is 1. The molecule has 2 amide bonds. The van der Waals surface area contributed by atoms with E-state index in [0.717, 1.165) is 5.56 Å². The number of rotatable bonds is 6. The lowest BCUT2D eigenvalue weighted by molar-refractivity contribution is -0.143. The predicted octanol–water partition coefficient (Wildman–Crippen LogP) is 5.69. The van der Waals surface area contributed by atoms with Crippen LogP contribution in [0.25, 0.3) is 11.3 Å².